The third kappa shape index (κ3) is 7.36. The van der Waals surface area contributed by atoms with E-state index in [2.05, 4.69) is 37.6 Å². The van der Waals surface area contributed by atoms with E-state index in [1.165, 1.54) is 18.7 Å². The minimum absolute atomic E-state index is 0. The van der Waals surface area contributed by atoms with Gasteiger partial charge < -0.3 is 20.1 Å². The normalized spacial score (nSPS) is 11.1. The molecule has 0 saturated carbocycles. The second kappa shape index (κ2) is 12.8. The predicted octanol–water partition coefficient (Wildman–Crippen LogP) is 4.01. The van der Waals surface area contributed by atoms with Gasteiger partial charge in [-0.3, -0.25) is 4.99 Å². The van der Waals surface area contributed by atoms with Crippen LogP contribution in [0.25, 0.3) is 5.69 Å². The van der Waals surface area contributed by atoms with Gasteiger partial charge in [0.15, 0.2) is 17.5 Å². The minimum Gasteiger partial charge on any atom is -0.493 e. The Morgan fingerprint density at radius 3 is 2.47 bits per heavy atom. The molecule has 0 aliphatic carbocycles. The molecule has 0 radical (unpaired) electrons. The zero-order chi connectivity index (χ0) is 22.1. The number of hydrogen-bond donors (Lipinski definition) is 2. The minimum atomic E-state index is -2.92. The van der Waals surface area contributed by atoms with Gasteiger partial charge in [0.1, 0.15) is 0 Å². The van der Waals surface area contributed by atoms with Gasteiger partial charge in [0.2, 0.25) is 0 Å². The van der Waals surface area contributed by atoms with Crippen LogP contribution in [0.5, 0.6) is 11.5 Å². The first-order chi connectivity index (χ1) is 15.1. The van der Waals surface area contributed by atoms with E-state index in [1.807, 2.05) is 29.1 Å². The number of hydrogen-bond acceptors (Lipinski definition) is 4. The average molecular weight is 557 g/mol. The van der Waals surface area contributed by atoms with Crippen LogP contribution >= 0.6 is 24.0 Å². The Balaban J connectivity index is 0.00000363. The number of nitrogens with one attached hydrogen (secondary N) is 2. The van der Waals surface area contributed by atoms with Crippen molar-refractivity contribution in [3.63, 3.8) is 0 Å². The summed E-state index contributed by atoms with van der Waals surface area (Å²) in [6, 6.07) is 15.0. The lowest BCUT2D eigenvalue weighted by molar-refractivity contribution is -0.0512. The molecule has 1 aromatic heterocycles. The number of guanidine groups is 1. The van der Waals surface area contributed by atoms with Gasteiger partial charge in [0.25, 0.3) is 0 Å². The fourth-order valence-corrected chi connectivity index (χ4v) is 2.99. The van der Waals surface area contributed by atoms with Gasteiger partial charge >= 0.3 is 6.61 Å². The van der Waals surface area contributed by atoms with Crippen LogP contribution < -0.4 is 20.1 Å². The van der Waals surface area contributed by atoms with Crippen LogP contribution in [0.3, 0.4) is 0 Å². The SMILES string of the molecule is CN=C(NCCc1ccc(-n2cccn2)cc1)NCc1ccc(OC)c(OC(F)F)c1.I. The van der Waals surface area contributed by atoms with E-state index in [0.29, 0.717) is 19.0 Å². The Kier molecular flexibility index (Phi) is 10.2. The number of halogens is 3. The van der Waals surface area contributed by atoms with Crippen LogP contribution in [-0.4, -0.2) is 43.1 Å². The van der Waals surface area contributed by atoms with E-state index in [9.17, 15) is 8.78 Å². The molecule has 0 atom stereocenters. The molecular weight excluding hydrogens is 531 g/mol. The highest BCUT2D eigenvalue weighted by Crippen LogP contribution is 2.29. The lowest BCUT2D eigenvalue weighted by Crippen LogP contribution is -2.37. The van der Waals surface area contributed by atoms with Gasteiger partial charge in [0.05, 0.1) is 12.8 Å². The van der Waals surface area contributed by atoms with E-state index in [4.69, 9.17) is 4.74 Å². The van der Waals surface area contributed by atoms with Crippen molar-refractivity contribution in [2.24, 2.45) is 4.99 Å². The third-order valence-corrected chi connectivity index (χ3v) is 4.54. The van der Waals surface area contributed by atoms with E-state index < -0.39 is 6.61 Å². The highest BCUT2D eigenvalue weighted by atomic mass is 127. The van der Waals surface area contributed by atoms with Gasteiger partial charge in [-0.2, -0.15) is 13.9 Å². The summed E-state index contributed by atoms with van der Waals surface area (Å²) in [5, 5.41) is 10.6. The molecule has 0 bridgehead atoms. The molecular formula is C22H26F2IN5O2. The Morgan fingerprint density at radius 1 is 1.09 bits per heavy atom. The first kappa shape index (κ1) is 25.4. The van der Waals surface area contributed by atoms with Gasteiger partial charge in [-0.15, -0.1) is 24.0 Å². The molecule has 172 valence electrons. The lowest BCUT2D eigenvalue weighted by Gasteiger charge is -2.14. The maximum atomic E-state index is 12.6. The molecule has 0 saturated heterocycles. The number of nitrogens with zero attached hydrogens (tertiary/aromatic N) is 3. The summed E-state index contributed by atoms with van der Waals surface area (Å²) in [7, 11) is 3.08. The van der Waals surface area contributed by atoms with Crippen molar-refractivity contribution in [1.29, 1.82) is 0 Å². The molecule has 0 aliphatic rings. The summed E-state index contributed by atoms with van der Waals surface area (Å²) in [5.41, 5.74) is 2.95. The maximum Gasteiger partial charge on any atom is 0.387 e. The molecule has 32 heavy (non-hydrogen) atoms. The van der Waals surface area contributed by atoms with E-state index >= 15 is 0 Å². The van der Waals surface area contributed by atoms with Crippen molar-refractivity contribution in [3.05, 3.63) is 72.1 Å². The van der Waals surface area contributed by atoms with Crippen molar-refractivity contribution in [1.82, 2.24) is 20.4 Å². The summed E-state index contributed by atoms with van der Waals surface area (Å²) in [4.78, 5) is 4.19. The summed E-state index contributed by atoms with van der Waals surface area (Å²) in [5.74, 6) is 0.865. The Bertz CT molecular complexity index is 982. The Labute approximate surface area is 202 Å². The van der Waals surface area contributed by atoms with Crippen LogP contribution in [0.2, 0.25) is 0 Å². The van der Waals surface area contributed by atoms with Crippen molar-refractivity contribution in [2.45, 2.75) is 19.6 Å². The van der Waals surface area contributed by atoms with Crippen molar-refractivity contribution < 1.29 is 18.3 Å². The van der Waals surface area contributed by atoms with Crippen molar-refractivity contribution in [3.8, 4) is 17.2 Å². The van der Waals surface area contributed by atoms with Gasteiger partial charge in [0, 0.05) is 32.5 Å². The molecule has 2 aromatic carbocycles. The van der Waals surface area contributed by atoms with Crippen LogP contribution in [-0.2, 0) is 13.0 Å². The fourth-order valence-electron chi connectivity index (χ4n) is 2.99. The number of aliphatic imine (C=N–C) groups is 1. The molecule has 7 nitrogen and oxygen atoms in total. The predicted molar refractivity (Wildman–Crippen MR) is 131 cm³/mol. The smallest absolute Gasteiger partial charge is 0.387 e. The zero-order valence-corrected chi connectivity index (χ0v) is 20.1. The summed E-state index contributed by atoms with van der Waals surface area (Å²) >= 11 is 0. The van der Waals surface area contributed by atoms with E-state index in [1.54, 1.807) is 25.4 Å². The third-order valence-electron chi connectivity index (χ3n) is 4.54. The highest BCUT2D eigenvalue weighted by molar-refractivity contribution is 14.0. The summed E-state index contributed by atoms with van der Waals surface area (Å²) in [6.07, 6.45) is 4.46. The Morgan fingerprint density at radius 2 is 1.84 bits per heavy atom. The molecule has 10 heteroatoms. The summed E-state index contributed by atoms with van der Waals surface area (Å²) in [6.45, 7) is -1.84. The highest BCUT2D eigenvalue weighted by Gasteiger charge is 2.11. The largest absolute Gasteiger partial charge is 0.493 e. The molecule has 0 fully saturated rings. The quantitative estimate of drug-likeness (QED) is 0.237. The van der Waals surface area contributed by atoms with Gasteiger partial charge in [-0.1, -0.05) is 18.2 Å². The molecule has 0 spiro atoms. The topological polar surface area (TPSA) is 72.7 Å². The van der Waals surface area contributed by atoms with Crippen LogP contribution in [0.1, 0.15) is 11.1 Å². The molecule has 0 aliphatic heterocycles. The molecule has 3 rings (SSSR count). The number of rotatable bonds is 9. The lowest BCUT2D eigenvalue weighted by atomic mass is 10.1. The molecule has 2 N–H and O–H groups in total. The molecule has 0 amide bonds. The standard InChI is InChI=1S/C22H25F2N5O2.HI/c1-25-22(27-15-17-6-9-19(30-2)20(14-17)31-21(23)24)26-12-10-16-4-7-18(8-5-16)29-13-3-11-28-29;/h3-9,11,13-14,21H,10,12,15H2,1-2H3,(H2,25,26,27);1H. The van der Waals surface area contributed by atoms with Crippen molar-refractivity contribution in [2.75, 3.05) is 20.7 Å². The first-order valence-corrected chi connectivity index (χ1v) is 9.74. The number of ether oxygens (including phenoxy) is 2. The van der Waals surface area contributed by atoms with Crippen molar-refractivity contribution >= 4 is 29.9 Å². The maximum absolute atomic E-state index is 12.6. The Hall–Kier alpha value is -2.89. The summed E-state index contributed by atoms with van der Waals surface area (Å²) < 4.78 is 36.5. The number of aromatic nitrogens is 2. The van der Waals surface area contributed by atoms with Crippen LogP contribution in [0, 0.1) is 0 Å². The molecule has 0 unspecified atom stereocenters. The van der Waals surface area contributed by atoms with E-state index in [0.717, 1.165) is 17.7 Å². The molecule has 1 heterocycles. The fraction of sp³-hybridized carbons (Fsp3) is 0.273. The second-order valence-corrected chi connectivity index (χ2v) is 6.58. The zero-order valence-electron chi connectivity index (χ0n) is 17.8. The number of alkyl halides is 2. The first-order valence-electron chi connectivity index (χ1n) is 9.74. The number of methoxy groups -OCH3 is 1. The van der Waals surface area contributed by atoms with Gasteiger partial charge in [-0.25, -0.2) is 4.68 Å². The molecule has 3 aromatic rings. The number of benzene rings is 2. The average Bonchev–Trinajstić information content (AvgIpc) is 3.31. The van der Waals surface area contributed by atoms with Gasteiger partial charge in [-0.05, 0) is 47.9 Å². The second-order valence-electron chi connectivity index (χ2n) is 6.58. The van der Waals surface area contributed by atoms with E-state index in [-0.39, 0.29) is 35.5 Å². The van der Waals surface area contributed by atoms with Crippen LogP contribution in [0.4, 0.5) is 8.78 Å². The monoisotopic (exact) mass is 557 g/mol. The van der Waals surface area contributed by atoms with Crippen LogP contribution in [0.15, 0.2) is 65.9 Å².